The minimum atomic E-state index is -0.239. The number of carbonyl (C=O) groups is 1. The summed E-state index contributed by atoms with van der Waals surface area (Å²) in [6.45, 7) is 4.56. The van der Waals surface area contributed by atoms with Crippen molar-refractivity contribution in [1.29, 1.82) is 0 Å². The van der Waals surface area contributed by atoms with Crippen molar-refractivity contribution in [2.75, 3.05) is 41.9 Å². The Balaban J connectivity index is 1.38. The number of carbonyl (C=O) groups excluding carboxylic acids is 1. The largest absolute Gasteiger partial charge is 0.341 e. The number of hydrogen-bond donors (Lipinski definition) is 2. The van der Waals surface area contributed by atoms with Gasteiger partial charge in [0.2, 0.25) is 5.95 Å². The van der Waals surface area contributed by atoms with Gasteiger partial charge in [-0.15, -0.1) is 0 Å². The quantitative estimate of drug-likeness (QED) is 0.506. The van der Waals surface area contributed by atoms with E-state index in [2.05, 4.69) is 45.7 Å². The van der Waals surface area contributed by atoms with E-state index in [1.54, 1.807) is 29.3 Å². The fourth-order valence-electron chi connectivity index (χ4n) is 4.76. The number of benzene rings is 2. The van der Waals surface area contributed by atoms with E-state index in [0.717, 1.165) is 18.8 Å². The third-order valence-electron chi connectivity index (χ3n) is 6.47. The van der Waals surface area contributed by atoms with Crippen LogP contribution in [0.2, 0.25) is 10.0 Å². The van der Waals surface area contributed by atoms with Gasteiger partial charge in [0, 0.05) is 18.9 Å². The van der Waals surface area contributed by atoms with Crippen LogP contribution in [0.1, 0.15) is 40.2 Å². The molecule has 1 amide bonds. The van der Waals surface area contributed by atoms with Crippen molar-refractivity contribution in [2.45, 2.75) is 25.7 Å². The normalized spacial score (nSPS) is 16.5. The predicted molar refractivity (Wildman–Crippen MR) is 138 cm³/mol. The van der Waals surface area contributed by atoms with Crippen molar-refractivity contribution in [3.8, 4) is 0 Å². The fourth-order valence-corrected chi connectivity index (χ4v) is 5.36. The number of amides is 1. The number of nitrogens with one attached hydrogen (secondary N) is 2. The summed E-state index contributed by atoms with van der Waals surface area (Å²) in [6, 6.07) is 11.6. The van der Waals surface area contributed by atoms with Crippen molar-refractivity contribution in [2.24, 2.45) is 0 Å². The zero-order valence-corrected chi connectivity index (χ0v) is 20.6. The summed E-state index contributed by atoms with van der Waals surface area (Å²) >= 11 is 12.7. The molecule has 0 radical (unpaired) electrons. The highest BCUT2D eigenvalue weighted by Crippen LogP contribution is 2.37. The van der Waals surface area contributed by atoms with Crippen LogP contribution in [0.4, 0.5) is 23.1 Å². The maximum absolute atomic E-state index is 13.2. The van der Waals surface area contributed by atoms with E-state index >= 15 is 0 Å². The molecule has 1 fully saturated rings. The molecule has 176 valence electrons. The first kappa shape index (κ1) is 22.9. The first-order valence-electron chi connectivity index (χ1n) is 11.3. The lowest BCUT2D eigenvalue weighted by molar-refractivity contribution is 0.0982. The smallest absolute Gasteiger partial charge is 0.265 e. The highest BCUT2D eigenvalue weighted by Gasteiger charge is 2.32. The predicted octanol–water partition coefficient (Wildman–Crippen LogP) is 5.36. The summed E-state index contributed by atoms with van der Waals surface area (Å²) in [6.07, 6.45) is 3.88. The molecule has 2 aliphatic heterocycles. The number of anilines is 4. The molecule has 1 saturated heterocycles. The molecule has 1 aromatic heterocycles. The Morgan fingerprint density at radius 1 is 1.12 bits per heavy atom. The van der Waals surface area contributed by atoms with Gasteiger partial charge in [0.05, 0.1) is 22.4 Å². The molecular weight excluding hydrogens is 471 g/mol. The van der Waals surface area contributed by atoms with Crippen molar-refractivity contribution < 1.29 is 4.79 Å². The van der Waals surface area contributed by atoms with Crippen LogP contribution in [0.5, 0.6) is 0 Å². The van der Waals surface area contributed by atoms with Gasteiger partial charge < -0.3 is 15.5 Å². The van der Waals surface area contributed by atoms with E-state index in [1.807, 2.05) is 11.9 Å². The topological polar surface area (TPSA) is 73.4 Å². The maximum Gasteiger partial charge on any atom is 0.265 e. The summed E-state index contributed by atoms with van der Waals surface area (Å²) in [7, 11) is 1.87. The average Bonchev–Trinajstić information content (AvgIpc) is 2.83. The number of piperidine rings is 1. The van der Waals surface area contributed by atoms with Gasteiger partial charge >= 0.3 is 0 Å². The standard InChI is InChI=1S/C25H26Cl2N6O/c1-15-12-17(6-7-18(15)16-8-10-28-11-9-16)30-25-29-13-19-23(31-25)32(2)14-33(24(19)34)22-20(26)4-3-5-21(22)27/h3-7,12-13,16,28H,8-11,14H2,1-2H3,(H,29,30,31). The van der Waals surface area contributed by atoms with Gasteiger partial charge in [-0.1, -0.05) is 35.3 Å². The first-order chi connectivity index (χ1) is 16.4. The number of aromatic nitrogens is 2. The van der Waals surface area contributed by atoms with E-state index < -0.39 is 0 Å². The Labute approximate surface area is 209 Å². The van der Waals surface area contributed by atoms with Crippen molar-refractivity contribution in [1.82, 2.24) is 15.3 Å². The van der Waals surface area contributed by atoms with Gasteiger partial charge in [-0.3, -0.25) is 9.69 Å². The Bertz CT molecular complexity index is 1220. The second-order valence-electron chi connectivity index (χ2n) is 8.79. The zero-order valence-electron chi connectivity index (χ0n) is 19.1. The molecule has 7 nitrogen and oxygen atoms in total. The first-order valence-corrected chi connectivity index (χ1v) is 12.1. The van der Waals surface area contributed by atoms with E-state index in [-0.39, 0.29) is 12.6 Å². The molecular formula is C25H26Cl2N6O. The van der Waals surface area contributed by atoms with E-state index in [1.165, 1.54) is 24.0 Å². The molecule has 0 bridgehead atoms. The van der Waals surface area contributed by atoms with Crippen LogP contribution in [0, 0.1) is 6.92 Å². The lowest BCUT2D eigenvalue weighted by Gasteiger charge is -2.35. The van der Waals surface area contributed by atoms with Gasteiger partial charge in [-0.25, -0.2) is 4.98 Å². The van der Waals surface area contributed by atoms with Gasteiger partial charge in [0.1, 0.15) is 11.4 Å². The van der Waals surface area contributed by atoms with Crippen molar-refractivity contribution in [3.05, 3.63) is 69.3 Å². The number of aryl methyl sites for hydroxylation is 1. The third kappa shape index (κ3) is 4.31. The Morgan fingerprint density at radius 3 is 2.56 bits per heavy atom. The molecule has 0 unspecified atom stereocenters. The molecule has 3 aromatic rings. The molecule has 5 rings (SSSR count). The summed E-state index contributed by atoms with van der Waals surface area (Å²) in [5, 5.41) is 7.55. The SMILES string of the molecule is Cc1cc(Nc2ncc3c(n2)N(C)CN(c2c(Cl)cccc2Cl)C3=O)ccc1C1CCNCC1. The number of para-hydroxylation sites is 1. The lowest BCUT2D eigenvalue weighted by atomic mass is 9.87. The van der Waals surface area contributed by atoms with Gasteiger partial charge in [-0.05, 0) is 74.2 Å². The second-order valence-corrected chi connectivity index (χ2v) is 9.61. The fraction of sp³-hybridized carbons (Fsp3) is 0.320. The van der Waals surface area contributed by atoms with Crippen molar-refractivity contribution in [3.63, 3.8) is 0 Å². The Morgan fingerprint density at radius 2 is 1.85 bits per heavy atom. The average molecular weight is 497 g/mol. The molecule has 0 spiro atoms. The summed E-state index contributed by atoms with van der Waals surface area (Å²) in [5.74, 6) is 1.36. The molecule has 3 heterocycles. The maximum atomic E-state index is 13.2. The highest BCUT2D eigenvalue weighted by molar-refractivity contribution is 6.40. The van der Waals surface area contributed by atoms with E-state index in [0.29, 0.717) is 39.0 Å². The molecule has 2 aliphatic rings. The minimum Gasteiger partial charge on any atom is -0.341 e. The monoisotopic (exact) mass is 496 g/mol. The van der Waals surface area contributed by atoms with Gasteiger partial charge in [-0.2, -0.15) is 4.98 Å². The summed E-state index contributed by atoms with van der Waals surface area (Å²) < 4.78 is 0. The summed E-state index contributed by atoms with van der Waals surface area (Å²) in [4.78, 5) is 25.7. The van der Waals surface area contributed by atoms with E-state index in [9.17, 15) is 4.79 Å². The zero-order chi connectivity index (χ0) is 23.8. The van der Waals surface area contributed by atoms with Crippen LogP contribution in [0.25, 0.3) is 0 Å². The molecule has 2 N–H and O–H groups in total. The third-order valence-corrected chi connectivity index (χ3v) is 7.08. The highest BCUT2D eigenvalue weighted by atomic mass is 35.5. The number of rotatable bonds is 4. The van der Waals surface area contributed by atoms with Crippen LogP contribution in [0.3, 0.4) is 0 Å². The molecule has 9 heteroatoms. The van der Waals surface area contributed by atoms with E-state index in [4.69, 9.17) is 23.2 Å². The number of hydrogen-bond acceptors (Lipinski definition) is 6. The molecule has 0 atom stereocenters. The lowest BCUT2D eigenvalue weighted by Crippen LogP contribution is -2.46. The van der Waals surface area contributed by atoms with Crippen LogP contribution in [-0.2, 0) is 0 Å². The van der Waals surface area contributed by atoms with Crippen LogP contribution in [0.15, 0.2) is 42.6 Å². The molecule has 0 saturated carbocycles. The van der Waals surface area contributed by atoms with Gasteiger partial charge in [0.15, 0.2) is 0 Å². The van der Waals surface area contributed by atoms with Crippen molar-refractivity contribution >= 4 is 52.3 Å². The molecule has 34 heavy (non-hydrogen) atoms. The Kier molecular flexibility index (Phi) is 6.34. The number of halogens is 2. The van der Waals surface area contributed by atoms with Crippen LogP contribution in [-0.4, -0.2) is 42.7 Å². The van der Waals surface area contributed by atoms with Crippen LogP contribution < -0.4 is 20.4 Å². The summed E-state index contributed by atoms with van der Waals surface area (Å²) in [5.41, 5.74) is 4.47. The number of fused-ring (bicyclic) bond motifs is 1. The number of nitrogens with zero attached hydrogens (tertiary/aromatic N) is 4. The minimum absolute atomic E-state index is 0.239. The molecule has 2 aromatic carbocycles. The molecule has 0 aliphatic carbocycles. The van der Waals surface area contributed by atoms with Gasteiger partial charge in [0.25, 0.3) is 5.91 Å². The van der Waals surface area contributed by atoms with Crippen LogP contribution >= 0.6 is 23.2 Å². The second kappa shape index (κ2) is 9.41. The Hall–Kier alpha value is -2.87.